The summed E-state index contributed by atoms with van der Waals surface area (Å²) in [5, 5.41) is 4.10. The summed E-state index contributed by atoms with van der Waals surface area (Å²) in [4.78, 5) is 2.13. The molecule has 2 heterocycles. The van der Waals surface area contributed by atoms with Gasteiger partial charge in [-0.15, -0.1) is 0 Å². The lowest BCUT2D eigenvalue weighted by atomic mass is 10.2. The first-order valence-electron chi connectivity index (χ1n) is 5.35. The van der Waals surface area contributed by atoms with Crippen molar-refractivity contribution in [3.05, 3.63) is 6.20 Å². The monoisotopic (exact) mass is 212 g/mol. The van der Waals surface area contributed by atoms with Crippen LogP contribution < -0.4 is 10.6 Å². The van der Waals surface area contributed by atoms with Crippen molar-refractivity contribution >= 4 is 11.5 Å². The van der Waals surface area contributed by atoms with E-state index in [-0.39, 0.29) is 0 Å². The van der Waals surface area contributed by atoms with Crippen LogP contribution in [0.1, 0.15) is 19.3 Å². The van der Waals surface area contributed by atoms with Gasteiger partial charge in [-0.05, 0) is 19.3 Å². The fourth-order valence-corrected chi connectivity index (χ4v) is 2.10. The van der Waals surface area contributed by atoms with Crippen molar-refractivity contribution in [1.82, 2.24) is 9.78 Å². The van der Waals surface area contributed by atoms with E-state index in [4.69, 9.17) is 5.73 Å². The first kappa shape index (κ1) is 10.3. The largest absolute Gasteiger partial charge is 0.394 e. The molecule has 0 spiro atoms. The quantitative estimate of drug-likeness (QED) is 0.764. The Balaban J connectivity index is 2.16. The van der Waals surface area contributed by atoms with Crippen LogP contribution in [0.4, 0.5) is 15.9 Å². The first-order valence-corrected chi connectivity index (χ1v) is 5.35. The molecule has 2 rings (SSSR count). The molecule has 0 bridgehead atoms. The minimum Gasteiger partial charge on any atom is -0.394 e. The Morgan fingerprint density at radius 1 is 1.47 bits per heavy atom. The maximum Gasteiger partial charge on any atom is 0.150 e. The predicted molar refractivity (Wildman–Crippen MR) is 58.6 cm³/mol. The van der Waals surface area contributed by atoms with Gasteiger partial charge in [0.1, 0.15) is 12.0 Å². The maximum atomic E-state index is 13.2. The van der Waals surface area contributed by atoms with Crippen molar-refractivity contribution in [2.75, 3.05) is 23.7 Å². The van der Waals surface area contributed by atoms with E-state index in [1.165, 1.54) is 0 Å². The van der Waals surface area contributed by atoms with E-state index in [9.17, 15) is 4.39 Å². The Bertz CT molecular complexity index is 317. The van der Waals surface area contributed by atoms with Gasteiger partial charge in [-0.3, -0.25) is 4.68 Å². The molecule has 1 aromatic heterocycles. The molecule has 1 aromatic rings. The van der Waals surface area contributed by atoms with Gasteiger partial charge in [-0.25, -0.2) is 4.39 Å². The molecule has 0 amide bonds. The molecule has 1 unspecified atom stereocenters. The molecule has 1 atom stereocenters. The summed E-state index contributed by atoms with van der Waals surface area (Å²) in [6.45, 7) is 1.59. The Labute approximate surface area is 88.9 Å². The number of nitrogens with two attached hydrogens (primary N) is 1. The van der Waals surface area contributed by atoms with Crippen molar-refractivity contribution in [3.63, 3.8) is 0 Å². The lowest BCUT2D eigenvalue weighted by molar-refractivity contribution is 0.307. The van der Waals surface area contributed by atoms with Crippen molar-refractivity contribution in [2.24, 2.45) is 7.05 Å². The molecule has 0 saturated carbocycles. The van der Waals surface area contributed by atoms with Gasteiger partial charge >= 0.3 is 0 Å². The molecule has 1 fully saturated rings. The SMILES string of the molecule is Cn1ncc(N)c1N1CCCC(F)CC1. The van der Waals surface area contributed by atoms with E-state index in [0.29, 0.717) is 18.5 Å². The number of anilines is 2. The van der Waals surface area contributed by atoms with Gasteiger partial charge in [0.2, 0.25) is 0 Å². The van der Waals surface area contributed by atoms with E-state index < -0.39 is 6.17 Å². The number of rotatable bonds is 1. The molecule has 1 saturated heterocycles. The van der Waals surface area contributed by atoms with E-state index in [1.807, 2.05) is 7.05 Å². The van der Waals surface area contributed by atoms with Gasteiger partial charge in [0, 0.05) is 20.1 Å². The van der Waals surface area contributed by atoms with Crippen LogP contribution in [0.3, 0.4) is 0 Å². The molecule has 2 N–H and O–H groups in total. The van der Waals surface area contributed by atoms with E-state index >= 15 is 0 Å². The van der Waals surface area contributed by atoms with Crippen LogP contribution in [0.2, 0.25) is 0 Å². The highest BCUT2D eigenvalue weighted by Crippen LogP contribution is 2.25. The van der Waals surface area contributed by atoms with Crippen molar-refractivity contribution in [3.8, 4) is 0 Å². The minimum absolute atomic E-state index is 0.588. The number of nitrogen functional groups attached to an aromatic ring is 1. The third kappa shape index (κ3) is 2.06. The number of alkyl halides is 1. The molecule has 5 heteroatoms. The van der Waals surface area contributed by atoms with Crippen LogP contribution in [0.5, 0.6) is 0 Å². The molecule has 15 heavy (non-hydrogen) atoms. The maximum absolute atomic E-state index is 13.2. The highest BCUT2D eigenvalue weighted by Gasteiger charge is 2.20. The molecule has 0 aliphatic carbocycles. The van der Waals surface area contributed by atoms with Crippen LogP contribution in [0, 0.1) is 0 Å². The van der Waals surface area contributed by atoms with Crippen LogP contribution >= 0.6 is 0 Å². The highest BCUT2D eigenvalue weighted by atomic mass is 19.1. The Morgan fingerprint density at radius 3 is 2.93 bits per heavy atom. The second-order valence-corrected chi connectivity index (χ2v) is 4.06. The summed E-state index contributed by atoms with van der Waals surface area (Å²) in [5.74, 6) is 0.920. The number of aryl methyl sites for hydroxylation is 1. The molecule has 1 aliphatic heterocycles. The second kappa shape index (κ2) is 4.08. The van der Waals surface area contributed by atoms with Crippen LogP contribution in [0.25, 0.3) is 0 Å². The summed E-state index contributed by atoms with van der Waals surface area (Å²) in [5.41, 5.74) is 6.51. The van der Waals surface area contributed by atoms with Gasteiger partial charge in [0.05, 0.1) is 11.9 Å². The molecular weight excluding hydrogens is 195 g/mol. The fraction of sp³-hybridized carbons (Fsp3) is 0.700. The molecule has 0 radical (unpaired) electrons. The van der Waals surface area contributed by atoms with Gasteiger partial charge in [0.25, 0.3) is 0 Å². The smallest absolute Gasteiger partial charge is 0.150 e. The molecular formula is C10H17FN4. The van der Waals surface area contributed by atoms with Crippen molar-refractivity contribution < 1.29 is 4.39 Å². The van der Waals surface area contributed by atoms with Gasteiger partial charge < -0.3 is 10.6 Å². The standard InChI is InChI=1S/C10H17FN4/c1-14-10(9(12)7-13-14)15-5-2-3-8(11)4-6-15/h7-8H,2-6,12H2,1H3. The lowest BCUT2D eigenvalue weighted by Crippen LogP contribution is -2.27. The molecule has 0 aromatic carbocycles. The third-order valence-corrected chi connectivity index (χ3v) is 2.89. The number of hydrogen-bond acceptors (Lipinski definition) is 3. The normalized spacial score (nSPS) is 22.8. The third-order valence-electron chi connectivity index (χ3n) is 2.89. The molecule has 4 nitrogen and oxygen atoms in total. The van der Waals surface area contributed by atoms with Crippen LogP contribution in [-0.2, 0) is 7.05 Å². The van der Waals surface area contributed by atoms with Gasteiger partial charge in [-0.1, -0.05) is 0 Å². The van der Waals surface area contributed by atoms with Crippen molar-refractivity contribution in [1.29, 1.82) is 0 Å². The van der Waals surface area contributed by atoms with Crippen molar-refractivity contribution in [2.45, 2.75) is 25.4 Å². The van der Waals surface area contributed by atoms with Gasteiger partial charge in [-0.2, -0.15) is 5.10 Å². The average Bonchev–Trinajstić information content (AvgIpc) is 2.41. The second-order valence-electron chi connectivity index (χ2n) is 4.06. The molecule has 1 aliphatic rings. The average molecular weight is 212 g/mol. The van der Waals surface area contributed by atoms with Gasteiger partial charge in [0.15, 0.2) is 0 Å². The van der Waals surface area contributed by atoms with E-state index in [2.05, 4.69) is 10.00 Å². The first-order chi connectivity index (χ1) is 7.18. The summed E-state index contributed by atoms with van der Waals surface area (Å²) >= 11 is 0. The topological polar surface area (TPSA) is 47.1 Å². The van der Waals surface area contributed by atoms with E-state index in [1.54, 1.807) is 10.9 Å². The van der Waals surface area contributed by atoms with E-state index in [0.717, 1.165) is 25.3 Å². The Kier molecular flexibility index (Phi) is 2.79. The van der Waals surface area contributed by atoms with Crippen LogP contribution in [0.15, 0.2) is 6.20 Å². The zero-order valence-electron chi connectivity index (χ0n) is 8.99. The molecule has 84 valence electrons. The summed E-state index contributed by atoms with van der Waals surface area (Å²) in [6.07, 6.45) is 3.11. The number of aromatic nitrogens is 2. The summed E-state index contributed by atoms with van der Waals surface area (Å²) < 4.78 is 14.9. The number of nitrogens with zero attached hydrogens (tertiary/aromatic N) is 3. The zero-order valence-corrected chi connectivity index (χ0v) is 8.99. The Hall–Kier alpha value is -1.26. The predicted octanol–water partition coefficient (Wildman–Crippen LogP) is 1.33. The minimum atomic E-state index is -0.663. The zero-order chi connectivity index (χ0) is 10.8. The lowest BCUT2D eigenvalue weighted by Gasteiger charge is -2.22. The summed E-state index contributed by atoms with van der Waals surface area (Å²) in [6, 6.07) is 0. The number of halogens is 1. The highest BCUT2D eigenvalue weighted by molar-refractivity contribution is 5.62. The number of hydrogen-bond donors (Lipinski definition) is 1. The van der Waals surface area contributed by atoms with Crippen LogP contribution in [-0.4, -0.2) is 29.0 Å². The fourth-order valence-electron chi connectivity index (χ4n) is 2.10. The summed E-state index contributed by atoms with van der Waals surface area (Å²) in [7, 11) is 1.86. The Morgan fingerprint density at radius 2 is 2.27 bits per heavy atom.